The molecule has 3 nitrogen and oxygen atoms in total. The number of carbonyl (C=O) groups is 1. The minimum atomic E-state index is 0.0575. The molecule has 0 bridgehead atoms. The zero-order valence-corrected chi connectivity index (χ0v) is 13.8. The smallest absolute Gasteiger partial charge is 0.225 e. The molecule has 0 radical (unpaired) electrons. The highest BCUT2D eigenvalue weighted by Crippen LogP contribution is 2.30. The van der Waals surface area contributed by atoms with Crippen LogP contribution in [0.4, 0.5) is 5.69 Å². The number of thiazole rings is 1. The quantitative estimate of drug-likeness (QED) is 0.741. The van der Waals surface area contributed by atoms with Gasteiger partial charge in [0.1, 0.15) is 5.01 Å². The number of benzene rings is 2. The van der Waals surface area contributed by atoms with E-state index in [-0.39, 0.29) is 5.91 Å². The number of hydrogen-bond acceptors (Lipinski definition) is 4. The minimum Gasteiger partial charge on any atom is -0.326 e. The van der Waals surface area contributed by atoms with Gasteiger partial charge in [0.25, 0.3) is 0 Å². The second-order valence-corrected chi connectivity index (χ2v) is 6.87. The van der Waals surface area contributed by atoms with Crippen LogP contribution in [-0.2, 0) is 4.79 Å². The van der Waals surface area contributed by atoms with Gasteiger partial charge in [0.2, 0.25) is 5.91 Å². The van der Waals surface area contributed by atoms with Crippen molar-refractivity contribution in [2.75, 3.05) is 17.3 Å². The standard InChI is InChI=1S/C17H16N2OS2/c1-21-11-10-16(20)18-13-8-6-12(7-9-13)17-19-14-4-2-3-5-15(14)22-17/h2-9H,10-11H2,1H3,(H,18,20). The van der Waals surface area contributed by atoms with Gasteiger partial charge in [-0.05, 0) is 42.7 Å². The van der Waals surface area contributed by atoms with Gasteiger partial charge in [-0.25, -0.2) is 4.98 Å². The number of nitrogens with one attached hydrogen (secondary N) is 1. The van der Waals surface area contributed by atoms with Gasteiger partial charge in [-0.3, -0.25) is 4.79 Å². The topological polar surface area (TPSA) is 42.0 Å². The molecule has 3 rings (SSSR count). The summed E-state index contributed by atoms with van der Waals surface area (Å²) >= 11 is 3.35. The molecule has 0 unspecified atom stereocenters. The van der Waals surface area contributed by atoms with Crippen LogP contribution in [0.3, 0.4) is 0 Å². The van der Waals surface area contributed by atoms with E-state index in [2.05, 4.69) is 16.4 Å². The first-order chi connectivity index (χ1) is 10.8. The number of nitrogens with zero attached hydrogens (tertiary/aromatic N) is 1. The van der Waals surface area contributed by atoms with Crippen LogP contribution >= 0.6 is 23.1 Å². The van der Waals surface area contributed by atoms with Gasteiger partial charge in [-0.15, -0.1) is 11.3 Å². The summed E-state index contributed by atoms with van der Waals surface area (Å²) < 4.78 is 1.19. The third kappa shape index (κ3) is 3.48. The van der Waals surface area contributed by atoms with E-state index in [1.54, 1.807) is 23.1 Å². The van der Waals surface area contributed by atoms with Crippen molar-refractivity contribution in [1.82, 2.24) is 4.98 Å². The molecule has 1 amide bonds. The summed E-state index contributed by atoms with van der Waals surface area (Å²) in [7, 11) is 0. The number of rotatable bonds is 5. The first-order valence-corrected chi connectivity index (χ1v) is 9.22. The molecule has 0 fully saturated rings. The normalized spacial score (nSPS) is 10.8. The molecule has 1 heterocycles. The second-order valence-electron chi connectivity index (χ2n) is 4.86. The van der Waals surface area contributed by atoms with Crippen LogP contribution in [0.1, 0.15) is 6.42 Å². The number of amides is 1. The molecule has 2 aromatic carbocycles. The van der Waals surface area contributed by atoms with E-state index in [4.69, 9.17) is 0 Å². The molecule has 1 N–H and O–H groups in total. The van der Waals surface area contributed by atoms with Gasteiger partial charge in [0.15, 0.2) is 0 Å². The number of hydrogen-bond donors (Lipinski definition) is 1. The lowest BCUT2D eigenvalue weighted by Gasteiger charge is -2.05. The highest BCUT2D eigenvalue weighted by atomic mass is 32.2. The summed E-state index contributed by atoms with van der Waals surface area (Å²) in [6, 6.07) is 16.0. The molecule has 22 heavy (non-hydrogen) atoms. The molecule has 0 aliphatic carbocycles. The van der Waals surface area contributed by atoms with E-state index in [1.807, 2.05) is 48.7 Å². The predicted molar refractivity (Wildman–Crippen MR) is 96.7 cm³/mol. The van der Waals surface area contributed by atoms with Crippen molar-refractivity contribution >= 4 is 44.9 Å². The predicted octanol–water partition coefficient (Wildman–Crippen LogP) is 4.65. The number of thioether (sulfide) groups is 1. The Bertz CT molecular complexity index is 748. The fourth-order valence-electron chi connectivity index (χ4n) is 2.11. The molecule has 3 aromatic rings. The van der Waals surface area contributed by atoms with E-state index < -0.39 is 0 Å². The van der Waals surface area contributed by atoms with Gasteiger partial charge in [0, 0.05) is 23.4 Å². The fourth-order valence-corrected chi connectivity index (χ4v) is 3.47. The Kier molecular flexibility index (Phi) is 4.75. The molecule has 0 saturated carbocycles. The number of aromatic nitrogens is 1. The van der Waals surface area contributed by atoms with Crippen LogP contribution in [0.2, 0.25) is 0 Å². The lowest BCUT2D eigenvalue weighted by Crippen LogP contribution is -2.11. The molecule has 0 atom stereocenters. The van der Waals surface area contributed by atoms with Crippen LogP contribution in [0.5, 0.6) is 0 Å². The average molecular weight is 328 g/mol. The number of anilines is 1. The first-order valence-electron chi connectivity index (χ1n) is 7.01. The maximum Gasteiger partial charge on any atom is 0.225 e. The Balaban J connectivity index is 1.74. The lowest BCUT2D eigenvalue weighted by atomic mass is 10.2. The van der Waals surface area contributed by atoms with E-state index in [0.29, 0.717) is 6.42 Å². The lowest BCUT2D eigenvalue weighted by molar-refractivity contribution is -0.115. The summed E-state index contributed by atoms with van der Waals surface area (Å²) in [5, 5.41) is 3.91. The number of carbonyl (C=O) groups excluding carboxylic acids is 1. The summed E-state index contributed by atoms with van der Waals surface area (Å²) in [6.07, 6.45) is 2.54. The summed E-state index contributed by atoms with van der Waals surface area (Å²) in [4.78, 5) is 16.4. The largest absolute Gasteiger partial charge is 0.326 e. The molecular weight excluding hydrogens is 312 g/mol. The van der Waals surface area contributed by atoms with Crippen LogP contribution in [0.25, 0.3) is 20.8 Å². The van der Waals surface area contributed by atoms with Crippen LogP contribution in [-0.4, -0.2) is 22.9 Å². The Morgan fingerprint density at radius 3 is 2.68 bits per heavy atom. The average Bonchev–Trinajstić information content (AvgIpc) is 2.97. The van der Waals surface area contributed by atoms with E-state index in [0.717, 1.165) is 27.5 Å². The van der Waals surface area contributed by atoms with Crippen LogP contribution in [0, 0.1) is 0 Å². The Hall–Kier alpha value is -1.85. The Morgan fingerprint density at radius 1 is 1.18 bits per heavy atom. The first kappa shape index (κ1) is 15.1. The maximum atomic E-state index is 11.7. The van der Waals surface area contributed by atoms with E-state index in [1.165, 1.54) is 4.70 Å². The summed E-state index contributed by atoms with van der Waals surface area (Å²) in [5.74, 6) is 0.900. The van der Waals surface area contributed by atoms with Crippen molar-refractivity contribution in [3.8, 4) is 10.6 Å². The Morgan fingerprint density at radius 2 is 1.95 bits per heavy atom. The van der Waals surface area contributed by atoms with Crippen molar-refractivity contribution in [3.63, 3.8) is 0 Å². The minimum absolute atomic E-state index is 0.0575. The summed E-state index contributed by atoms with van der Waals surface area (Å²) in [6.45, 7) is 0. The molecular formula is C17H16N2OS2. The molecule has 112 valence electrons. The van der Waals surface area contributed by atoms with Gasteiger partial charge >= 0.3 is 0 Å². The molecule has 0 spiro atoms. The highest BCUT2D eigenvalue weighted by molar-refractivity contribution is 7.98. The van der Waals surface area contributed by atoms with Gasteiger partial charge in [0.05, 0.1) is 10.2 Å². The second kappa shape index (κ2) is 6.94. The molecule has 1 aromatic heterocycles. The van der Waals surface area contributed by atoms with Crippen molar-refractivity contribution in [2.24, 2.45) is 0 Å². The van der Waals surface area contributed by atoms with Gasteiger partial charge < -0.3 is 5.32 Å². The monoisotopic (exact) mass is 328 g/mol. The van der Waals surface area contributed by atoms with Gasteiger partial charge in [-0.2, -0.15) is 11.8 Å². The SMILES string of the molecule is CSCCC(=O)Nc1ccc(-c2nc3ccccc3s2)cc1. The van der Waals surface area contributed by atoms with Gasteiger partial charge in [-0.1, -0.05) is 12.1 Å². The zero-order chi connectivity index (χ0) is 15.4. The van der Waals surface area contributed by atoms with Crippen molar-refractivity contribution in [1.29, 1.82) is 0 Å². The number of para-hydroxylation sites is 1. The fraction of sp³-hybridized carbons (Fsp3) is 0.176. The van der Waals surface area contributed by atoms with Crippen molar-refractivity contribution < 1.29 is 4.79 Å². The highest BCUT2D eigenvalue weighted by Gasteiger charge is 2.06. The molecule has 0 saturated heterocycles. The van der Waals surface area contributed by atoms with Crippen LogP contribution < -0.4 is 5.32 Å². The van der Waals surface area contributed by atoms with Crippen LogP contribution in [0.15, 0.2) is 48.5 Å². The Labute approximate surface area is 137 Å². The van der Waals surface area contributed by atoms with Crippen molar-refractivity contribution in [3.05, 3.63) is 48.5 Å². The zero-order valence-electron chi connectivity index (χ0n) is 12.2. The third-order valence-electron chi connectivity index (χ3n) is 3.24. The number of fused-ring (bicyclic) bond motifs is 1. The molecule has 0 aliphatic heterocycles. The van der Waals surface area contributed by atoms with E-state index in [9.17, 15) is 4.79 Å². The summed E-state index contributed by atoms with van der Waals surface area (Å²) in [5.41, 5.74) is 2.93. The maximum absolute atomic E-state index is 11.7. The third-order valence-corrected chi connectivity index (χ3v) is 4.94. The molecule has 0 aliphatic rings. The van der Waals surface area contributed by atoms with Crippen molar-refractivity contribution in [2.45, 2.75) is 6.42 Å². The van der Waals surface area contributed by atoms with E-state index >= 15 is 0 Å². The molecule has 5 heteroatoms.